The van der Waals surface area contributed by atoms with Crippen LogP contribution in [0.1, 0.15) is 53.3 Å². The molecule has 0 bridgehead atoms. The predicted octanol–water partition coefficient (Wildman–Crippen LogP) is 5.09. The molecule has 5 heteroatoms. The highest BCUT2D eigenvalue weighted by Crippen LogP contribution is 2.40. The summed E-state index contributed by atoms with van der Waals surface area (Å²) in [7, 11) is 0. The Hall–Kier alpha value is -2.46. The van der Waals surface area contributed by atoms with Crippen molar-refractivity contribution in [3.63, 3.8) is 0 Å². The molecule has 0 spiro atoms. The number of halogens is 1. The first-order valence-electron chi connectivity index (χ1n) is 9.29. The number of ether oxygens (including phenoxy) is 1. The van der Waals surface area contributed by atoms with Gasteiger partial charge >= 0.3 is 0 Å². The largest absolute Gasteiger partial charge is 0.508 e. The van der Waals surface area contributed by atoms with Crippen molar-refractivity contribution in [1.29, 1.82) is 0 Å². The zero-order chi connectivity index (χ0) is 19.0. The Bertz CT molecular complexity index is 899. The highest BCUT2D eigenvalue weighted by atomic mass is 35.5. The number of carbonyl (C=O) groups excluding carboxylic acids is 1. The molecule has 2 aliphatic rings. The molecule has 4 nitrogen and oxygen atoms in total. The summed E-state index contributed by atoms with van der Waals surface area (Å²) in [5, 5.41) is 13.6. The number of carbonyl (C=O) groups is 1. The first-order chi connectivity index (χ1) is 13.0. The quantitative estimate of drug-likeness (QED) is 0.725. The monoisotopic (exact) mass is 383 g/mol. The molecule has 1 aliphatic carbocycles. The van der Waals surface area contributed by atoms with E-state index in [-0.39, 0.29) is 11.5 Å². The molecule has 2 N–H and O–H groups in total. The van der Waals surface area contributed by atoms with E-state index in [1.165, 1.54) is 12.8 Å². The Labute approximate surface area is 163 Å². The summed E-state index contributed by atoms with van der Waals surface area (Å²) in [4.78, 5) is 13.2. The van der Waals surface area contributed by atoms with E-state index in [1.54, 1.807) is 30.3 Å². The van der Waals surface area contributed by atoms with E-state index in [0.717, 1.165) is 24.0 Å². The number of fused-ring (bicyclic) bond motifs is 1. The van der Waals surface area contributed by atoms with Crippen LogP contribution >= 0.6 is 11.6 Å². The van der Waals surface area contributed by atoms with Crippen LogP contribution in [0.15, 0.2) is 48.2 Å². The van der Waals surface area contributed by atoms with Gasteiger partial charge < -0.3 is 15.2 Å². The summed E-state index contributed by atoms with van der Waals surface area (Å²) in [6.07, 6.45) is 5.94. The maximum absolute atomic E-state index is 13.2. The normalized spacial score (nSPS) is 21.2. The number of phenolic OH excluding ortho intramolecular Hbond substituents is 1. The van der Waals surface area contributed by atoms with Crippen molar-refractivity contribution in [2.24, 2.45) is 0 Å². The third-order valence-corrected chi connectivity index (χ3v) is 5.73. The van der Waals surface area contributed by atoms with Crippen LogP contribution in [0.3, 0.4) is 0 Å². The van der Waals surface area contributed by atoms with E-state index in [0.29, 0.717) is 28.0 Å². The molecule has 0 radical (unpaired) electrons. The number of aromatic hydroxyl groups is 1. The van der Waals surface area contributed by atoms with Crippen LogP contribution in [0, 0.1) is 6.92 Å². The summed E-state index contributed by atoms with van der Waals surface area (Å²) >= 11 is 6.24. The molecule has 2 aromatic carbocycles. The molecule has 4 rings (SSSR count). The van der Waals surface area contributed by atoms with Crippen molar-refractivity contribution in [3.8, 4) is 11.5 Å². The van der Waals surface area contributed by atoms with Gasteiger partial charge in [-0.3, -0.25) is 4.79 Å². The average Bonchev–Trinajstić information content (AvgIpc) is 3.17. The molecular formula is C22H22ClNO3. The fourth-order valence-electron chi connectivity index (χ4n) is 3.73. The average molecular weight is 384 g/mol. The molecule has 1 atom stereocenters. The Kier molecular flexibility index (Phi) is 4.83. The molecule has 1 unspecified atom stereocenters. The van der Waals surface area contributed by atoms with Gasteiger partial charge in [0, 0.05) is 17.3 Å². The minimum atomic E-state index is -0.528. The lowest BCUT2D eigenvalue weighted by Crippen LogP contribution is -2.28. The molecule has 0 amide bonds. The molecular weight excluding hydrogens is 362 g/mol. The molecule has 27 heavy (non-hydrogen) atoms. The van der Waals surface area contributed by atoms with Crippen LogP contribution in [0.4, 0.5) is 0 Å². The number of hydrogen-bond donors (Lipinski definition) is 2. The highest BCUT2D eigenvalue weighted by molar-refractivity contribution is 6.32. The van der Waals surface area contributed by atoms with Crippen LogP contribution in [0.5, 0.6) is 11.5 Å². The fourth-order valence-corrected chi connectivity index (χ4v) is 3.90. The minimum Gasteiger partial charge on any atom is -0.508 e. The Morgan fingerprint density at radius 2 is 1.89 bits per heavy atom. The smallest absolute Gasteiger partial charge is 0.198 e. The lowest BCUT2D eigenvalue weighted by Gasteiger charge is -2.29. The molecule has 1 fully saturated rings. The van der Waals surface area contributed by atoms with Gasteiger partial charge in [-0.1, -0.05) is 36.6 Å². The number of nitrogens with one attached hydrogen (secondary N) is 1. The zero-order valence-electron chi connectivity index (χ0n) is 15.2. The number of Topliss-reactive ketones (excluding diaryl/α,β-unsaturated/α-hetero) is 1. The molecule has 0 aromatic heterocycles. The predicted molar refractivity (Wildman–Crippen MR) is 105 cm³/mol. The third-order valence-electron chi connectivity index (χ3n) is 5.32. The maximum atomic E-state index is 13.2. The van der Waals surface area contributed by atoms with Gasteiger partial charge in [-0.15, -0.1) is 0 Å². The molecule has 140 valence electrons. The van der Waals surface area contributed by atoms with E-state index in [1.807, 2.05) is 19.2 Å². The van der Waals surface area contributed by atoms with Crippen molar-refractivity contribution in [2.45, 2.75) is 44.8 Å². The van der Waals surface area contributed by atoms with Crippen LogP contribution in [-0.4, -0.2) is 16.9 Å². The minimum absolute atomic E-state index is 0.0817. The number of benzene rings is 2. The van der Waals surface area contributed by atoms with Gasteiger partial charge in [0.15, 0.2) is 11.9 Å². The fraction of sp³-hybridized carbons (Fsp3) is 0.318. The van der Waals surface area contributed by atoms with Gasteiger partial charge in [-0.25, -0.2) is 0 Å². The summed E-state index contributed by atoms with van der Waals surface area (Å²) < 4.78 is 6.22. The van der Waals surface area contributed by atoms with E-state index in [9.17, 15) is 9.90 Å². The Balaban J connectivity index is 1.75. The molecule has 2 aromatic rings. The lowest BCUT2D eigenvalue weighted by molar-refractivity contribution is 0.0959. The second-order valence-electron chi connectivity index (χ2n) is 7.26. The standard InChI is InChI=1S/C22H22ClNO3/c1-13-10-20-17(11-19(13)23)21(26)18(12-24-15-4-2-3-5-15)22(27-20)14-6-8-16(25)9-7-14/h6-12,15,22,24-25H,2-5H2,1H3/b18-12+. The van der Waals surface area contributed by atoms with Crippen molar-refractivity contribution in [3.05, 3.63) is 69.9 Å². The second-order valence-corrected chi connectivity index (χ2v) is 7.67. The lowest BCUT2D eigenvalue weighted by atomic mass is 9.91. The Morgan fingerprint density at radius 1 is 1.19 bits per heavy atom. The van der Waals surface area contributed by atoms with E-state index < -0.39 is 6.10 Å². The van der Waals surface area contributed by atoms with Gasteiger partial charge in [0.25, 0.3) is 0 Å². The van der Waals surface area contributed by atoms with Gasteiger partial charge in [0.2, 0.25) is 0 Å². The van der Waals surface area contributed by atoms with E-state index in [4.69, 9.17) is 16.3 Å². The van der Waals surface area contributed by atoms with Gasteiger partial charge in [-0.2, -0.15) is 0 Å². The van der Waals surface area contributed by atoms with E-state index in [2.05, 4.69) is 5.32 Å². The number of phenols is 1. The number of rotatable bonds is 3. The molecule has 0 saturated heterocycles. The van der Waals surface area contributed by atoms with Gasteiger partial charge in [0.05, 0.1) is 11.1 Å². The second kappa shape index (κ2) is 7.28. The zero-order valence-corrected chi connectivity index (χ0v) is 15.9. The third kappa shape index (κ3) is 3.54. The van der Waals surface area contributed by atoms with Crippen LogP contribution in [-0.2, 0) is 0 Å². The van der Waals surface area contributed by atoms with Crippen molar-refractivity contribution < 1.29 is 14.6 Å². The maximum Gasteiger partial charge on any atom is 0.198 e. The Morgan fingerprint density at radius 3 is 2.59 bits per heavy atom. The van der Waals surface area contributed by atoms with Crippen LogP contribution in [0.2, 0.25) is 5.02 Å². The summed E-state index contributed by atoms with van der Waals surface area (Å²) in [5.41, 5.74) is 2.73. The number of ketones is 1. The highest BCUT2D eigenvalue weighted by Gasteiger charge is 2.34. The summed E-state index contributed by atoms with van der Waals surface area (Å²) in [6.45, 7) is 1.89. The van der Waals surface area contributed by atoms with Crippen molar-refractivity contribution in [1.82, 2.24) is 5.32 Å². The van der Waals surface area contributed by atoms with Gasteiger partial charge in [0.1, 0.15) is 11.5 Å². The first-order valence-corrected chi connectivity index (χ1v) is 9.67. The van der Waals surface area contributed by atoms with Crippen molar-refractivity contribution in [2.75, 3.05) is 0 Å². The van der Waals surface area contributed by atoms with Crippen LogP contribution < -0.4 is 10.1 Å². The topological polar surface area (TPSA) is 58.6 Å². The SMILES string of the molecule is Cc1cc2c(cc1Cl)C(=O)/C(=C\NC1CCCC1)C(c1ccc(O)cc1)O2. The van der Waals surface area contributed by atoms with Crippen molar-refractivity contribution >= 4 is 17.4 Å². The molecule has 1 heterocycles. The van der Waals surface area contributed by atoms with E-state index >= 15 is 0 Å². The summed E-state index contributed by atoms with van der Waals surface area (Å²) in [6, 6.07) is 10.7. The number of hydrogen-bond acceptors (Lipinski definition) is 4. The molecule has 1 saturated carbocycles. The van der Waals surface area contributed by atoms with Crippen LogP contribution in [0.25, 0.3) is 0 Å². The number of aryl methyl sites for hydroxylation is 1. The first kappa shape index (κ1) is 17.9. The van der Waals surface area contributed by atoms with Gasteiger partial charge in [-0.05, 0) is 55.2 Å². The molecule has 1 aliphatic heterocycles. The summed E-state index contributed by atoms with van der Waals surface area (Å²) in [5.74, 6) is 0.637.